The van der Waals surface area contributed by atoms with Gasteiger partial charge in [0.1, 0.15) is 11.5 Å². The van der Waals surface area contributed by atoms with Gasteiger partial charge < -0.3 is 14.2 Å². The van der Waals surface area contributed by atoms with E-state index in [1.165, 1.54) is 0 Å². The van der Waals surface area contributed by atoms with E-state index in [4.69, 9.17) is 9.26 Å². The molecule has 1 heterocycles. The third kappa shape index (κ3) is 3.13. The lowest BCUT2D eigenvalue weighted by molar-refractivity contribution is 0.0742. The van der Waals surface area contributed by atoms with Crippen molar-refractivity contribution in [1.29, 1.82) is 0 Å². The van der Waals surface area contributed by atoms with Crippen LogP contribution in [-0.2, 0) is 6.54 Å². The van der Waals surface area contributed by atoms with Crippen LogP contribution in [0, 0.1) is 0 Å². The first-order valence-corrected chi connectivity index (χ1v) is 7.60. The van der Waals surface area contributed by atoms with Gasteiger partial charge in [-0.15, -0.1) is 0 Å². The molecule has 1 aliphatic carbocycles. The maximum Gasteiger partial charge on any atom is 0.276 e. The molecular weight excluding hydrogens is 280 g/mol. The number of ether oxygens (including phenoxy) is 1. The van der Waals surface area contributed by atoms with Crippen LogP contribution in [0.25, 0.3) is 0 Å². The van der Waals surface area contributed by atoms with Gasteiger partial charge in [0.05, 0.1) is 7.11 Å². The van der Waals surface area contributed by atoms with Gasteiger partial charge in [0.25, 0.3) is 5.91 Å². The van der Waals surface area contributed by atoms with Crippen LogP contribution in [0.2, 0.25) is 0 Å². The molecule has 0 saturated heterocycles. The van der Waals surface area contributed by atoms with Crippen molar-refractivity contribution in [3.8, 4) is 5.75 Å². The summed E-state index contributed by atoms with van der Waals surface area (Å²) in [4.78, 5) is 14.3. The van der Waals surface area contributed by atoms with Gasteiger partial charge in [-0.3, -0.25) is 4.79 Å². The van der Waals surface area contributed by atoms with Crippen LogP contribution in [0.1, 0.15) is 47.5 Å². The lowest BCUT2D eigenvalue weighted by atomic mass is 10.2. The summed E-state index contributed by atoms with van der Waals surface area (Å²) in [7, 11) is 1.64. The fourth-order valence-corrected chi connectivity index (χ4v) is 2.39. The number of carbonyl (C=O) groups excluding carboxylic acids is 1. The first-order valence-electron chi connectivity index (χ1n) is 7.60. The van der Waals surface area contributed by atoms with Gasteiger partial charge in [-0.25, -0.2) is 0 Å². The molecule has 0 radical (unpaired) electrons. The zero-order valence-corrected chi connectivity index (χ0v) is 12.9. The first kappa shape index (κ1) is 14.6. The largest absolute Gasteiger partial charge is 0.497 e. The Morgan fingerprint density at radius 2 is 2.09 bits per heavy atom. The van der Waals surface area contributed by atoms with Crippen LogP contribution in [0.5, 0.6) is 5.75 Å². The van der Waals surface area contributed by atoms with Crippen LogP contribution in [0.4, 0.5) is 0 Å². The minimum Gasteiger partial charge on any atom is -0.497 e. The molecule has 0 atom stereocenters. The van der Waals surface area contributed by atoms with Crippen molar-refractivity contribution < 1.29 is 14.1 Å². The van der Waals surface area contributed by atoms with Crippen molar-refractivity contribution in [1.82, 2.24) is 10.1 Å². The minimum absolute atomic E-state index is 0.0889. The van der Waals surface area contributed by atoms with E-state index in [1.54, 1.807) is 18.1 Å². The number of carbonyl (C=O) groups is 1. The maximum atomic E-state index is 12.5. The van der Waals surface area contributed by atoms with Crippen LogP contribution in [0.15, 0.2) is 34.9 Å². The molecule has 3 rings (SSSR count). The van der Waals surface area contributed by atoms with Crippen molar-refractivity contribution in [2.45, 2.75) is 32.2 Å². The van der Waals surface area contributed by atoms with E-state index in [0.29, 0.717) is 24.7 Å². The van der Waals surface area contributed by atoms with E-state index in [1.807, 2.05) is 31.2 Å². The molecule has 0 aliphatic heterocycles. The molecule has 0 N–H and O–H groups in total. The predicted molar refractivity (Wildman–Crippen MR) is 81.9 cm³/mol. The van der Waals surface area contributed by atoms with E-state index >= 15 is 0 Å². The Morgan fingerprint density at radius 1 is 1.36 bits per heavy atom. The van der Waals surface area contributed by atoms with Gasteiger partial charge in [-0.2, -0.15) is 0 Å². The van der Waals surface area contributed by atoms with Gasteiger partial charge in [0.15, 0.2) is 5.69 Å². The molecular formula is C17H20N2O3. The van der Waals surface area contributed by atoms with Gasteiger partial charge in [0.2, 0.25) is 0 Å². The SMILES string of the molecule is CCN(Cc1ccc(OC)cc1)C(=O)c1cc(C2CC2)on1. The standard InChI is InChI=1S/C17H20N2O3/c1-3-19(11-12-4-8-14(21-2)9-5-12)17(20)15-10-16(22-18-15)13-6-7-13/h4-5,8-10,13H,3,6-7,11H2,1-2H3. The minimum atomic E-state index is -0.0889. The summed E-state index contributed by atoms with van der Waals surface area (Å²) in [6.45, 7) is 3.13. The Morgan fingerprint density at radius 3 is 2.68 bits per heavy atom. The summed E-state index contributed by atoms with van der Waals surface area (Å²) in [6.07, 6.45) is 2.26. The predicted octanol–water partition coefficient (Wildman–Crippen LogP) is 3.22. The van der Waals surface area contributed by atoms with Crippen LogP contribution in [0.3, 0.4) is 0 Å². The molecule has 116 valence electrons. The molecule has 1 saturated carbocycles. The van der Waals surface area contributed by atoms with E-state index in [0.717, 1.165) is 29.9 Å². The summed E-state index contributed by atoms with van der Waals surface area (Å²) < 4.78 is 10.4. The van der Waals surface area contributed by atoms with E-state index in [2.05, 4.69) is 5.16 Å². The number of rotatable bonds is 6. The van der Waals surface area contributed by atoms with Crippen molar-refractivity contribution in [2.75, 3.05) is 13.7 Å². The summed E-state index contributed by atoms with van der Waals surface area (Å²) in [5.74, 6) is 2.02. The molecule has 5 heteroatoms. The van der Waals surface area contributed by atoms with E-state index < -0.39 is 0 Å². The lowest BCUT2D eigenvalue weighted by Gasteiger charge is -2.19. The molecule has 1 amide bonds. The molecule has 1 aromatic heterocycles. The van der Waals surface area contributed by atoms with Gasteiger partial charge in [-0.1, -0.05) is 17.3 Å². The fraction of sp³-hybridized carbons (Fsp3) is 0.412. The van der Waals surface area contributed by atoms with E-state index in [9.17, 15) is 4.79 Å². The van der Waals surface area contributed by atoms with Gasteiger partial charge in [-0.05, 0) is 37.5 Å². The molecule has 2 aromatic rings. The second-order valence-electron chi connectivity index (χ2n) is 5.56. The molecule has 0 unspecified atom stereocenters. The normalized spacial score (nSPS) is 13.9. The Balaban J connectivity index is 1.69. The summed E-state index contributed by atoms with van der Waals surface area (Å²) in [5.41, 5.74) is 1.46. The van der Waals surface area contributed by atoms with Crippen LogP contribution >= 0.6 is 0 Å². The molecule has 1 fully saturated rings. The Labute approximate surface area is 129 Å². The second kappa shape index (κ2) is 6.22. The van der Waals surface area contributed by atoms with Crippen molar-refractivity contribution in [2.24, 2.45) is 0 Å². The number of methoxy groups -OCH3 is 1. The number of hydrogen-bond donors (Lipinski definition) is 0. The Hall–Kier alpha value is -2.30. The highest BCUT2D eigenvalue weighted by atomic mass is 16.5. The zero-order chi connectivity index (χ0) is 15.5. The number of nitrogens with zero attached hydrogens (tertiary/aromatic N) is 2. The smallest absolute Gasteiger partial charge is 0.276 e. The topological polar surface area (TPSA) is 55.6 Å². The third-order valence-electron chi connectivity index (χ3n) is 3.93. The van der Waals surface area contributed by atoms with Crippen molar-refractivity contribution >= 4 is 5.91 Å². The van der Waals surface area contributed by atoms with Crippen molar-refractivity contribution in [3.63, 3.8) is 0 Å². The number of aromatic nitrogens is 1. The summed E-state index contributed by atoms with van der Waals surface area (Å²) in [6, 6.07) is 9.51. The van der Waals surface area contributed by atoms with Crippen molar-refractivity contribution in [3.05, 3.63) is 47.3 Å². The monoisotopic (exact) mass is 300 g/mol. The molecule has 0 bridgehead atoms. The Bertz CT molecular complexity index is 644. The molecule has 1 aromatic carbocycles. The van der Waals surface area contributed by atoms with Gasteiger partial charge >= 0.3 is 0 Å². The third-order valence-corrected chi connectivity index (χ3v) is 3.93. The van der Waals surface area contributed by atoms with Crippen LogP contribution in [-0.4, -0.2) is 29.6 Å². The summed E-state index contributed by atoms with van der Waals surface area (Å²) >= 11 is 0. The van der Waals surface area contributed by atoms with E-state index in [-0.39, 0.29) is 5.91 Å². The number of hydrogen-bond acceptors (Lipinski definition) is 4. The highest BCUT2D eigenvalue weighted by Crippen LogP contribution is 2.40. The molecule has 22 heavy (non-hydrogen) atoms. The Kier molecular flexibility index (Phi) is 4.13. The maximum absolute atomic E-state index is 12.5. The average molecular weight is 300 g/mol. The number of amides is 1. The zero-order valence-electron chi connectivity index (χ0n) is 12.9. The lowest BCUT2D eigenvalue weighted by Crippen LogP contribution is -2.30. The summed E-state index contributed by atoms with van der Waals surface area (Å²) in [5, 5.41) is 3.93. The highest BCUT2D eigenvalue weighted by Gasteiger charge is 2.29. The molecule has 0 spiro atoms. The van der Waals surface area contributed by atoms with Gasteiger partial charge in [0, 0.05) is 25.1 Å². The quantitative estimate of drug-likeness (QED) is 0.822. The van der Waals surface area contributed by atoms with Crippen LogP contribution < -0.4 is 4.74 Å². The fourth-order valence-electron chi connectivity index (χ4n) is 2.39. The average Bonchev–Trinajstić information content (AvgIpc) is 3.29. The number of benzene rings is 1. The second-order valence-corrected chi connectivity index (χ2v) is 5.56. The first-order chi connectivity index (χ1) is 10.7. The molecule has 1 aliphatic rings. The highest BCUT2D eigenvalue weighted by molar-refractivity contribution is 5.92. The molecule has 5 nitrogen and oxygen atoms in total.